The summed E-state index contributed by atoms with van der Waals surface area (Å²) in [6.45, 7) is 9.38. The summed E-state index contributed by atoms with van der Waals surface area (Å²) in [5.74, 6) is 0.427. The second-order valence-corrected chi connectivity index (χ2v) is 7.69. The predicted molar refractivity (Wildman–Crippen MR) is 109 cm³/mol. The van der Waals surface area contributed by atoms with E-state index in [9.17, 15) is 4.39 Å². The topological polar surface area (TPSA) is 21.1 Å². The van der Waals surface area contributed by atoms with Crippen molar-refractivity contribution in [3.63, 3.8) is 0 Å². The number of likely N-dealkylation sites (tertiary alicyclic amines) is 1. The van der Waals surface area contributed by atoms with Crippen LogP contribution in [0.4, 0.5) is 4.39 Å². The van der Waals surface area contributed by atoms with E-state index in [1.165, 1.54) is 30.0 Å². The standard InChI is InChI=1S/C23H26FN3/c1-16(2)17-10-12-27(13-11-17)15-19-7-5-9-21-22(25-26(3)23(19)21)18-6-4-8-20(24)14-18/h4-9,14,17H,1,10-13,15H2,2-3H3. The monoisotopic (exact) mass is 363 g/mol. The lowest BCUT2D eigenvalue weighted by Gasteiger charge is -2.32. The van der Waals surface area contributed by atoms with Gasteiger partial charge in [-0.1, -0.05) is 42.5 Å². The Morgan fingerprint density at radius 1 is 1.19 bits per heavy atom. The van der Waals surface area contributed by atoms with Crippen LogP contribution in [0.25, 0.3) is 22.2 Å². The molecule has 2 heterocycles. The first kappa shape index (κ1) is 17.9. The van der Waals surface area contributed by atoms with Crippen LogP contribution in [0.1, 0.15) is 25.3 Å². The molecular weight excluding hydrogens is 337 g/mol. The average molecular weight is 363 g/mol. The van der Waals surface area contributed by atoms with Gasteiger partial charge in [0, 0.05) is 24.5 Å². The van der Waals surface area contributed by atoms with Crippen molar-refractivity contribution in [3.05, 3.63) is 66.0 Å². The zero-order valence-electron chi connectivity index (χ0n) is 16.1. The molecule has 0 amide bonds. The summed E-state index contributed by atoms with van der Waals surface area (Å²) in [4.78, 5) is 2.52. The number of allylic oxidation sites excluding steroid dienone is 1. The van der Waals surface area contributed by atoms with Crippen LogP contribution in [0.3, 0.4) is 0 Å². The van der Waals surface area contributed by atoms with E-state index in [0.717, 1.165) is 41.8 Å². The van der Waals surface area contributed by atoms with Crippen molar-refractivity contribution in [2.45, 2.75) is 26.3 Å². The summed E-state index contributed by atoms with van der Waals surface area (Å²) in [5.41, 5.74) is 5.38. The first-order valence-corrected chi connectivity index (χ1v) is 9.61. The van der Waals surface area contributed by atoms with Gasteiger partial charge in [-0.2, -0.15) is 5.10 Å². The maximum atomic E-state index is 13.7. The Morgan fingerprint density at radius 2 is 1.93 bits per heavy atom. The van der Waals surface area contributed by atoms with Crippen molar-refractivity contribution in [2.75, 3.05) is 13.1 Å². The lowest BCUT2D eigenvalue weighted by atomic mass is 9.91. The molecule has 0 N–H and O–H groups in total. The highest BCUT2D eigenvalue weighted by molar-refractivity contribution is 5.95. The van der Waals surface area contributed by atoms with Gasteiger partial charge in [0.25, 0.3) is 0 Å². The molecule has 27 heavy (non-hydrogen) atoms. The van der Waals surface area contributed by atoms with Gasteiger partial charge in [-0.3, -0.25) is 9.58 Å². The number of hydrogen-bond acceptors (Lipinski definition) is 2. The minimum atomic E-state index is -0.233. The van der Waals surface area contributed by atoms with Crippen molar-refractivity contribution >= 4 is 10.9 Å². The smallest absolute Gasteiger partial charge is 0.123 e. The molecule has 3 aromatic rings. The minimum Gasteiger partial charge on any atom is -0.299 e. The van der Waals surface area contributed by atoms with E-state index in [1.54, 1.807) is 12.1 Å². The van der Waals surface area contributed by atoms with Crippen LogP contribution in [0.5, 0.6) is 0 Å². The van der Waals surface area contributed by atoms with Gasteiger partial charge in [0.1, 0.15) is 11.5 Å². The molecule has 1 aliphatic heterocycles. The number of aryl methyl sites for hydroxylation is 1. The molecule has 1 fully saturated rings. The molecule has 3 nitrogen and oxygen atoms in total. The molecule has 4 heteroatoms. The van der Waals surface area contributed by atoms with Crippen molar-refractivity contribution in [2.24, 2.45) is 13.0 Å². The van der Waals surface area contributed by atoms with Crippen LogP contribution < -0.4 is 0 Å². The van der Waals surface area contributed by atoms with Gasteiger partial charge < -0.3 is 0 Å². The molecule has 0 aliphatic carbocycles. The van der Waals surface area contributed by atoms with Gasteiger partial charge in [0.05, 0.1) is 5.52 Å². The number of aromatic nitrogens is 2. The quantitative estimate of drug-likeness (QED) is 0.597. The molecule has 2 aromatic carbocycles. The van der Waals surface area contributed by atoms with Gasteiger partial charge in [0.2, 0.25) is 0 Å². The van der Waals surface area contributed by atoms with Crippen LogP contribution in [-0.4, -0.2) is 27.8 Å². The highest BCUT2D eigenvalue weighted by Gasteiger charge is 2.21. The number of hydrogen-bond donors (Lipinski definition) is 0. The number of nitrogens with zero attached hydrogens (tertiary/aromatic N) is 3. The number of halogens is 1. The van der Waals surface area contributed by atoms with Crippen molar-refractivity contribution in [1.82, 2.24) is 14.7 Å². The zero-order valence-corrected chi connectivity index (χ0v) is 16.1. The first-order valence-electron chi connectivity index (χ1n) is 9.61. The molecule has 0 spiro atoms. The van der Waals surface area contributed by atoms with Gasteiger partial charge in [-0.15, -0.1) is 0 Å². The SMILES string of the molecule is C=C(C)C1CCN(Cc2cccc3c(-c4cccc(F)c4)nn(C)c23)CC1. The Morgan fingerprint density at radius 3 is 2.63 bits per heavy atom. The summed E-state index contributed by atoms with van der Waals surface area (Å²) < 4.78 is 15.6. The molecule has 0 radical (unpaired) electrons. The third-order valence-electron chi connectivity index (χ3n) is 5.72. The molecule has 1 saturated heterocycles. The molecule has 4 rings (SSSR count). The fourth-order valence-electron chi connectivity index (χ4n) is 4.22. The van der Waals surface area contributed by atoms with Crippen LogP contribution >= 0.6 is 0 Å². The Balaban J connectivity index is 1.64. The average Bonchev–Trinajstić information content (AvgIpc) is 3.00. The van der Waals surface area contributed by atoms with E-state index >= 15 is 0 Å². The molecule has 1 aromatic heterocycles. The molecule has 0 unspecified atom stereocenters. The van der Waals surface area contributed by atoms with Crippen molar-refractivity contribution in [3.8, 4) is 11.3 Å². The van der Waals surface area contributed by atoms with E-state index in [1.807, 2.05) is 17.8 Å². The van der Waals surface area contributed by atoms with Crippen LogP contribution in [-0.2, 0) is 13.6 Å². The lowest BCUT2D eigenvalue weighted by Crippen LogP contribution is -2.33. The molecular formula is C23H26FN3. The fourth-order valence-corrected chi connectivity index (χ4v) is 4.22. The minimum absolute atomic E-state index is 0.233. The zero-order chi connectivity index (χ0) is 19.0. The summed E-state index contributed by atoms with van der Waals surface area (Å²) in [6.07, 6.45) is 2.37. The molecule has 0 atom stereocenters. The molecule has 0 bridgehead atoms. The highest BCUT2D eigenvalue weighted by atomic mass is 19.1. The maximum Gasteiger partial charge on any atom is 0.123 e. The summed E-state index contributed by atoms with van der Waals surface area (Å²) in [5, 5.41) is 5.79. The van der Waals surface area contributed by atoms with E-state index in [4.69, 9.17) is 5.10 Å². The van der Waals surface area contributed by atoms with Gasteiger partial charge in [0.15, 0.2) is 0 Å². The van der Waals surface area contributed by atoms with E-state index in [-0.39, 0.29) is 5.82 Å². The largest absolute Gasteiger partial charge is 0.299 e. The van der Waals surface area contributed by atoms with E-state index in [2.05, 4.69) is 36.6 Å². The van der Waals surface area contributed by atoms with Crippen LogP contribution in [0.2, 0.25) is 0 Å². The second-order valence-electron chi connectivity index (χ2n) is 7.69. The Kier molecular flexibility index (Phi) is 4.83. The lowest BCUT2D eigenvalue weighted by molar-refractivity contribution is 0.192. The maximum absolute atomic E-state index is 13.7. The van der Waals surface area contributed by atoms with Crippen molar-refractivity contribution in [1.29, 1.82) is 0 Å². The number of piperidine rings is 1. The second kappa shape index (κ2) is 7.28. The van der Waals surface area contributed by atoms with Crippen LogP contribution in [0.15, 0.2) is 54.6 Å². The number of benzene rings is 2. The van der Waals surface area contributed by atoms with Gasteiger partial charge >= 0.3 is 0 Å². The van der Waals surface area contributed by atoms with E-state index < -0.39 is 0 Å². The molecule has 1 aliphatic rings. The predicted octanol–water partition coefficient (Wildman–Crippen LogP) is 5.17. The highest BCUT2D eigenvalue weighted by Crippen LogP contribution is 2.31. The normalized spacial score (nSPS) is 16.1. The van der Waals surface area contributed by atoms with E-state index in [0.29, 0.717) is 5.92 Å². The molecule has 0 saturated carbocycles. The fraction of sp³-hybridized carbons (Fsp3) is 0.348. The number of para-hydroxylation sites is 1. The first-order chi connectivity index (χ1) is 13.0. The summed E-state index contributed by atoms with van der Waals surface area (Å²) in [6, 6.07) is 13.0. The van der Waals surface area contributed by atoms with Gasteiger partial charge in [-0.25, -0.2) is 4.39 Å². The third kappa shape index (κ3) is 3.54. The summed E-state index contributed by atoms with van der Waals surface area (Å²) >= 11 is 0. The Hall–Kier alpha value is -2.46. The van der Waals surface area contributed by atoms with Crippen LogP contribution in [0, 0.1) is 11.7 Å². The van der Waals surface area contributed by atoms with Gasteiger partial charge in [-0.05, 0) is 56.5 Å². The number of fused-ring (bicyclic) bond motifs is 1. The summed E-state index contributed by atoms with van der Waals surface area (Å²) in [7, 11) is 1.97. The Bertz CT molecular complexity index is 980. The Labute approximate surface area is 160 Å². The molecule has 140 valence electrons. The van der Waals surface area contributed by atoms with Crippen molar-refractivity contribution < 1.29 is 4.39 Å². The number of rotatable bonds is 4. The third-order valence-corrected chi connectivity index (χ3v) is 5.72.